The topological polar surface area (TPSA) is 44.8 Å². The van der Waals surface area contributed by atoms with Crippen molar-refractivity contribution in [1.29, 1.82) is 0 Å². The molecular formula is C18H33N3O2. The minimum absolute atomic E-state index is 0.305. The lowest BCUT2D eigenvalue weighted by molar-refractivity contribution is -0.133. The molecule has 3 aliphatic rings. The normalized spacial score (nSPS) is 35.8. The minimum Gasteiger partial charge on any atom is -0.373 e. The van der Waals surface area contributed by atoms with E-state index in [-0.39, 0.29) is 0 Å². The van der Waals surface area contributed by atoms with Crippen LogP contribution in [0.4, 0.5) is 0 Å². The zero-order valence-electron chi connectivity index (χ0n) is 14.8. The van der Waals surface area contributed by atoms with E-state index < -0.39 is 0 Å². The highest BCUT2D eigenvalue weighted by Crippen LogP contribution is 2.23. The van der Waals surface area contributed by atoms with Gasteiger partial charge in [-0.3, -0.25) is 9.69 Å². The Morgan fingerprint density at radius 2 is 2.00 bits per heavy atom. The molecule has 132 valence electrons. The Balaban J connectivity index is 1.47. The van der Waals surface area contributed by atoms with Crippen molar-refractivity contribution >= 4 is 5.91 Å². The van der Waals surface area contributed by atoms with Crippen LogP contribution in [0.25, 0.3) is 0 Å². The van der Waals surface area contributed by atoms with E-state index in [1.807, 2.05) is 0 Å². The average molecular weight is 323 g/mol. The largest absolute Gasteiger partial charge is 0.373 e. The zero-order chi connectivity index (χ0) is 16.2. The zero-order valence-corrected chi connectivity index (χ0v) is 14.8. The highest BCUT2D eigenvalue weighted by molar-refractivity contribution is 5.76. The molecule has 0 aliphatic carbocycles. The van der Waals surface area contributed by atoms with Gasteiger partial charge in [0.25, 0.3) is 0 Å². The number of nitrogens with one attached hydrogen (secondary N) is 1. The number of nitrogens with zero attached hydrogens (tertiary/aromatic N) is 2. The van der Waals surface area contributed by atoms with Gasteiger partial charge in [0.05, 0.1) is 12.2 Å². The van der Waals surface area contributed by atoms with Crippen molar-refractivity contribution < 1.29 is 9.53 Å². The molecule has 0 aromatic rings. The Hall–Kier alpha value is -0.650. The summed E-state index contributed by atoms with van der Waals surface area (Å²) in [5.74, 6) is 1.09. The fourth-order valence-corrected chi connectivity index (χ4v) is 4.52. The third kappa shape index (κ3) is 4.68. The summed E-state index contributed by atoms with van der Waals surface area (Å²) in [7, 11) is 0. The molecule has 1 amide bonds. The first-order valence-electron chi connectivity index (χ1n) is 9.50. The van der Waals surface area contributed by atoms with Crippen LogP contribution in [-0.2, 0) is 9.53 Å². The van der Waals surface area contributed by atoms with Gasteiger partial charge < -0.3 is 15.0 Å². The van der Waals surface area contributed by atoms with Gasteiger partial charge in [-0.15, -0.1) is 0 Å². The maximum absolute atomic E-state index is 12.6. The molecule has 4 unspecified atom stereocenters. The van der Waals surface area contributed by atoms with Gasteiger partial charge in [-0.25, -0.2) is 0 Å². The maximum atomic E-state index is 12.6. The number of amides is 1. The van der Waals surface area contributed by atoms with Crippen LogP contribution in [0.3, 0.4) is 0 Å². The second-order valence-corrected chi connectivity index (χ2v) is 7.76. The molecule has 3 fully saturated rings. The molecule has 0 aromatic carbocycles. The van der Waals surface area contributed by atoms with Crippen molar-refractivity contribution in [2.75, 3.05) is 39.3 Å². The lowest BCUT2D eigenvalue weighted by Crippen LogP contribution is -2.50. The van der Waals surface area contributed by atoms with E-state index in [1.54, 1.807) is 0 Å². The summed E-state index contributed by atoms with van der Waals surface area (Å²) >= 11 is 0. The van der Waals surface area contributed by atoms with Crippen molar-refractivity contribution in [2.24, 2.45) is 5.92 Å². The van der Waals surface area contributed by atoms with Crippen molar-refractivity contribution in [3.8, 4) is 0 Å². The number of morpholine rings is 1. The van der Waals surface area contributed by atoms with Gasteiger partial charge >= 0.3 is 0 Å². The molecule has 3 heterocycles. The molecule has 0 bridgehead atoms. The van der Waals surface area contributed by atoms with Crippen LogP contribution in [0.15, 0.2) is 0 Å². The summed E-state index contributed by atoms with van der Waals surface area (Å²) in [6.45, 7) is 10.5. The molecule has 5 nitrogen and oxygen atoms in total. The Morgan fingerprint density at radius 3 is 2.70 bits per heavy atom. The second-order valence-electron chi connectivity index (χ2n) is 7.76. The summed E-state index contributed by atoms with van der Waals surface area (Å²) in [5.41, 5.74) is 0. The summed E-state index contributed by atoms with van der Waals surface area (Å²) in [6, 6.07) is 0.418. The van der Waals surface area contributed by atoms with E-state index in [0.29, 0.717) is 30.1 Å². The molecule has 0 radical (unpaired) electrons. The Morgan fingerprint density at radius 1 is 1.22 bits per heavy atom. The molecule has 0 aromatic heterocycles. The lowest BCUT2D eigenvalue weighted by Gasteiger charge is -2.38. The van der Waals surface area contributed by atoms with Gasteiger partial charge in [-0.05, 0) is 58.5 Å². The fraction of sp³-hybridized carbons (Fsp3) is 0.944. The van der Waals surface area contributed by atoms with Gasteiger partial charge in [0, 0.05) is 38.6 Å². The Kier molecular flexibility index (Phi) is 5.94. The van der Waals surface area contributed by atoms with Gasteiger partial charge in [0.1, 0.15) is 0 Å². The van der Waals surface area contributed by atoms with Crippen LogP contribution in [0, 0.1) is 5.92 Å². The summed E-state index contributed by atoms with van der Waals surface area (Å²) in [4.78, 5) is 17.3. The number of carbonyl (C=O) groups excluding carboxylic acids is 1. The first kappa shape index (κ1) is 17.2. The van der Waals surface area contributed by atoms with Crippen molar-refractivity contribution in [1.82, 2.24) is 15.1 Å². The third-order valence-electron chi connectivity index (χ3n) is 5.59. The fourth-order valence-electron chi connectivity index (χ4n) is 4.52. The number of hydrogen-bond acceptors (Lipinski definition) is 4. The monoisotopic (exact) mass is 323 g/mol. The van der Waals surface area contributed by atoms with E-state index in [9.17, 15) is 4.79 Å². The van der Waals surface area contributed by atoms with Crippen LogP contribution in [-0.4, -0.2) is 73.2 Å². The number of hydrogen-bond donors (Lipinski definition) is 1. The van der Waals surface area contributed by atoms with Gasteiger partial charge in [0.15, 0.2) is 0 Å². The Labute approximate surface area is 140 Å². The summed E-state index contributed by atoms with van der Waals surface area (Å²) in [5, 5.41) is 3.39. The molecule has 0 saturated carbocycles. The van der Waals surface area contributed by atoms with E-state index in [1.165, 1.54) is 6.42 Å². The third-order valence-corrected chi connectivity index (χ3v) is 5.59. The van der Waals surface area contributed by atoms with Crippen LogP contribution in [0.1, 0.15) is 46.0 Å². The second kappa shape index (κ2) is 7.95. The molecule has 5 heteroatoms. The summed E-state index contributed by atoms with van der Waals surface area (Å²) < 4.78 is 5.82. The molecule has 23 heavy (non-hydrogen) atoms. The van der Waals surface area contributed by atoms with Crippen LogP contribution in [0.5, 0.6) is 0 Å². The molecule has 3 rings (SSSR count). The smallest absolute Gasteiger partial charge is 0.222 e. The quantitative estimate of drug-likeness (QED) is 0.832. The molecule has 1 N–H and O–H groups in total. The van der Waals surface area contributed by atoms with E-state index in [4.69, 9.17) is 4.74 Å². The maximum Gasteiger partial charge on any atom is 0.222 e. The average Bonchev–Trinajstić information content (AvgIpc) is 3.15. The van der Waals surface area contributed by atoms with Gasteiger partial charge in [-0.1, -0.05) is 0 Å². The van der Waals surface area contributed by atoms with Crippen LogP contribution < -0.4 is 5.32 Å². The Bertz CT molecular complexity index is 388. The van der Waals surface area contributed by atoms with E-state index in [0.717, 1.165) is 65.0 Å². The molecular weight excluding hydrogens is 290 g/mol. The van der Waals surface area contributed by atoms with Gasteiger partial charge in [-0.2, -0.15) is 0 Å². The molecule has 3 aliphatic heterocycles. The molecule has 0 spiro atoms. The first-order chi connectivity index (χ1) is 11.1. The number of likely N-dealkylation sites (tertiary alicyclic amines) is 1. The van der Waals surface area contributed by atoms with Gasteiger partial charge in [0.2, 0.25) is 5.91 Å². The number of ether oxygens (including phenoxy) is 1. The highest BCUT2D eigenvalue weighted by Gasteiger charge is 2.32. The SMILES string of the molecule is CC1CN(CC2CCCN2C(=O)CCC2CCNC2)CC(C)O1. The van der Waals surface area contributed by atoms with Crippen molar-refractivity contribution in [3.63, 3.8) is 0 Å². The molecule has 4 atom stereocenters. The predicted octanol–water partition coefficient (Wildman–Crippen LogP) is 1.48. The van der Waals surface area contributed by atoms with E-state index in [2.05, 4.69) is 29.0 Å². The lowest BCUT2D eigenvalue weighted by atomic mass is 10.0. The predicted molar refractivity (Wildman–Crippen MR) is 91.4 cm³/mol. The number of rotatable bonds is 5. The van der Waals surface area contributed by atoms with E-state index >= 15 is 0 Å². The minimum atomic E-state index is 0.305. The van der Waals surface area contributed by atoms with Crippen LogP contribution >= 0.6 is 0 Å². The van der Waals surface area contributed by atoms with Crippen molar-refractivity contribution in [3.05, 3.63) is 0 Å². The number of carbonyl (C=O) groups is 1. The standard InChI is InChI=1S/C18H33N3O2/c1-14-11-20(12-15(2)23-14)13-17-4-3-9-21(17)18(22)6-5-16-7-8-19-10-16/h14-17,19H,3-13H2,1-2H3. The van der Waals surface area contributed by atoms with Crippen molar-refractivity contribution in [2.45, 2.75) is 64.2 Å². The first-order valence-corrected chi connectivity index (χ1v) is 9.50. The summed E-state index contributed by atoms with van der Waals surface area (Å²) in [6.07, 6.45) is 5.96. The highest BCUT2D eigenvalue weighted by atomic mass is 16.5. The molecule has 3 saturated heterocycles. The van der Waals surface area contributed by atoms with Crippen LogP contribution in [0.2, 0.25) is 0 Å².